The van der Waals surface area contributed by atoms with Gasteiger partial charge in [-0.1, -0.05) is 0 Å². The first-order chi connectivity index (χ1) is 11.8. The molecule has 0 heterocycles. The third-order valence-electron chi connectivity index (χ3n) is 4.57. The molecule has 0 nitrogen and oxygen atoms in total. The Hall–Kier alpha value is -1.26. The third kappa shape index (κ3) is 1.46. The lowest BCUT2D eigenvalue weighted by Crippen LogP contribution is -2.98. The van der Waals surface area contributed by atoms with Crippen LogP contribution in [0.15, 0.2) is 0 Å². The van der Waals surface area contributed by atoms with E-state index >= 15 is 0 Å². The standard InChI is InChI=1S/C10F18/c11-1-2(12,5(17,18)9(25,26)7(21,22)3(1,13)14)6(19,20)10(27,28)8(23,24)4(1,15)16/p+1. The molecule has 0 atom stereocenters. The highest BCUT2D eigenvalue weighted by atomic mass is 19.4. The van der Waals surface area contributed by atoms with Gasteiger partial charge in [-0.3, -0.25) is 0 Å². The monoisotopic (exact) mass is 463 g/mol. The molecule has 0 unspecified atom stereocenters. The fourth-order valence-corrected chi connectivity index (χ4v) is 2.91. The number of alkyl halides is 18. The van der Waals surface area contributed by atoms with Crippen LogP contribution in [0.1, 0.15) is 1.43 Å². The van der Waals surface area contributed by atoms with E-state index in [4.69, 9.17) is 0 Å². The minimum atomic E-state index is -8.64. The molecule has 28 heavy (non-hydrogen) atoms. The van der Waals surface area contributed by atoms with Crippen LogP contribution >= 0.6 is 0 Å². The molecule has 0 aliphatic heterocycles. The van der Waals surface area contributed by atoms with Crippen molar-refractivity contribution in [2.24, 2.45) is 0 Å². The van der Waals surface area contributed by atoms with Crippen molar-refractivity contribution in [1.82, 2.24) is 0 Å². The fourth-order valence-electron chi connectivity index (χ4n) is 2.91. The zero-order valence-electron chi connectivity index (χ0n) is 12.8. The van der Waals surface area contributed by atoms with E-state index in [2.05, 4.69) is 0 Å². The van der Waals surface area contributed by atoms with Crippen molar-refractivity contribution < 1.29 is 80.5 Å². The second-order valence-corrected chi connectivity index (χ2v) is 5.91. The second kappa shape index (κ2) is 4.57. The van der Waals surface area contributed by atoms with Crippen LogP contribution < -0.4 is 0 Å². The Morgan fingerprint density at radius 2 is 0.321 bits per heavy atom. The lowest BCUT2D eigenvalue weighted by molar-refractivity contribution is -0.560. The molecular weight excluding hydrogens is 462 g/mol. The molecule has 0 bridgehead atoms. The van der Waals surface area contributed by atoms with E-state index in [-0.39, 0.29) is 1.43 Å². The Morgan fingerprint density at radius 3 is 0.429 bits per heavy atom. The van der Waals surface area contributed by atoms with E-state index in [1.807, 2.05) is 0 Å². The van der Waals surface area contributed by atoms with E-state index in [0.717, 1.165) is 0 Å². The van der Waals surface area contributed by atoms with Crippen LogP contribution in [0, 0.1) is 0 Å². The maximum atomic E-state index is 14.2. The lowest BCUT2D eigenvalue weighted by Gasteiger charge is -2.63. The first-order valence-electron chi connectivity index (χ1n) is 6.15. The Bertz CT molecular complexity index is 593. The second-order valence-electron chi connectivity index (χ2n) is 5.91. The third-order valence-corrected chi connectivity index (χ3v) is 4.57. The Balaban J connectivity index is 0.00000420. The van der Waals surface area contributed by atoms with Gasteiger partial charge in [0.25, 0.3) is 11.3 Å². The maximum absolute atomic E-state index is 14.2. The van der Waals surface area contributed by atoms with Gasteiger partial charge in [0.05, 0.1) is 0 Å². The summed E-state index contributed by atoms with van der Waals surface area (Å²) in [7, 11) is 0. The SMILES string of the molecule is FC1(F)C(F)(F)C(F)(F)C2(F)C(F)(F)C(F)(F)C(F)(F)C(F)(F)C2(F)C1(F)F.[H+]. The van der Waals surface area contributed by atoms with Gasteiger partial charge < -0.3 is 0 Å². The van der Waals surface area contributed by atoms with Crippen molar-refractivity contribution in [1.29, 1.82) is 0 Å². The topological polar surface area (TPSA) is 0 Å². The zero-order chi connectivity index (χ0) is 23.0. The average molecular weight is 463 g/mol. The lowest BCUT2D eigenvalue weighted by atomic mass is 9.54. The summed E-state index contributed by atoms with van der Waals surface area (Å²) in [6.07, 6.45) is 0. The molecule has 2 rings (SSSR count). The largest absolute Gasteiger partial charge is 1.00 e. The van der Waals surface area contributed by atoms with Gasteiger partial charge in [-0.25, -0.2) is 8.78 Å². The minimum Gasteiger partial charge on any atom is -0.226 e. The van der Waals surface area contributed by atoms with E-state index < -0.39 is 58.7 Å². The van der Waals surface area contributed by atoms with Crippen molar-refractivity contribution >= 4 is 0 Å². The minimum absolute atomic E-state index is 0. The van der Waals surface area contributed by atoms with Crippen molar-refractivity contribution in [2.45, 2.75) is 58.7 Å². The summed E-state index contributed by atoms with van der Waals surface area (Å²) in [5.74, 6) is -66.8. The molecule has 0 saturated heterocycles. The van der Waals surface area contributed by atoms with Crippen molar-refractivity contribution in [3.63, 3.8) is 0 Å². The zero-order valence-corrected chi connectivity index (χ0v) is 11.8. The number of rotatable bonds is 0. The van der Waals surface area contributed by atoms with Crippen LogP contribution in [0.3, 0.4) is 0 Å². The number of hydrogen-bond acceptors (Lipinski definition) is 0. The maximum Gasteiger partial charge on any atom is 1.00 e. The number of fused-ring (bicyclic) bond motifs is 1. The summed E-state index contributed by atoms with van der Waals surface area (Å²) in [6.45, 7) is 0. The highest BCUT2D eigenvalue weighted by Gasteiger charge is 3.15. The van der Waals surface area contributed by atoms with Gasteiger partial charge in [0.15, 0.2) is 0 Å². The highest BCUT2D eigenvalue weighted by molar-refractivity contribution is 5.42. The van der Waals surface area contributed by atoms with Crippen LogP contribution in [-0.4, -0.2) is 58.7 Å². The molecule has 2 aliphatic carbocycles. The molecular formula is C10HF18+. The summed E-state index contributed by atoms with van der Waals surface area (Å²) in [5, 5.41) is 0. The molecule has 0 amide bonds. The Kier molecular flexibility index (Phi) is 3.75. The quantitative estimate of drug-likeness (QED) is 0.409. The molecule has 0 radical (unpaired) electrons. The van der Waals surface area contributed by atoms with Gasteiger partial charge in [0.2, 0.25) is 0 Å². The van der Waals surface area contributed by atoms with Crippen LogP contribution in [0.4, 0.5) is 79.0 Å². The van der Waals surface area contributed by atoms with Gasteiger partial charge in [0.1, 0.15) is 0 Å². The molecule has 166 valence electrons. The van der Waals surface area contributed by atoms with E-state index in [0.29, 0.717) is 0 Å². The van der Waals surface area contributed by atoms with Gasteiger partial charge in [-0.15, -0.1) is 0 Å². The highest BCUT2D eigenvalue weighted by Crippen LogP contribution is 2.81. The molecule has 18 heteroatoms. The molecule has 2 aliphatic rings. The molecule has 0 aromatic heterocycles. The van der Waals surface area contributed by atoms with Gasteiger partial charge >= 0.3 is 48.8 Å². The molecule has 0 aromatic rings. The summed E-state index contributed by atoms with van der Waals surface area (Å²) in [5.41, 5.74) is -17.3. The van der Waals surface area contributed by atoms with Gasteiger partial charge in [0, 0.05) is 0 Å². The van der Waals surface area contributed by atoms with Crippen LogP contribution in [-0.2, 0) is 0 Å². The number of halogens is 18. The molecule has 0 aromatic carbocycles. The molecule has 0 spiro atoms. The van der Waals surface area contributed by atoms with Gasteiger partial charge in [-0.2, -0.15) is 70.2 Å². The first kappa shape index (κ1) is 23.0. The summed E-state index contributed by atoms with van der Waals surface area (Å²) >= 11 is 0. The Morgan fingerprint density at radius 1 is 0.214 bits per heavy atom. The average Bonchev–Trinajstić information content (AvgIpc) is 2.49. The molecule has 0 N–H and O–H groups in total. The molecule has 2 saturated carbocycles. The number of hydrogen-bond donors (Lipinski definition) is 0. The predicted octanol–water partition coefficient (Wildman–Crippen LogP) is 5.63. The van der Waals surface area contributed by atoms with E-state index in [1.54, 1.807) is 0 Å². The molecule has 2 fully saturated rings. The van der Waals surface area contributed by atoms with Crippen LogP contribution in [0.5, 0.6) is 0 Å². The van der Waals surface area contributed by atoms with Crippen molar-refractivity contribution in [2.75, 3.05) is 0 Å². The van der Waals surface area contributed by atoms with Gasteiger partial charge in [-0.05, 0) is 0 Å². The summed E-state index contributed by atoms with van der Waals surface area (Å²) < 4.78 is 241. The predicted molar refractivity (Wildman–Crippen MR) is 48.4 cm³/mol. The van der Waals surface area contributed by atoms with Crippen LogP contribution in [0.25, 0.3) is 0 Å². The van der Waals surface area contributed by atoms with Crippen LogP contribution in [0.2, 0.25) is 0 Å². The van der Waals surface area contributed by atoms with E-state index in [9.17, 15) is 79.0 Å². The normalized spacial score (nSPS) is 43.1. The first-order valence-corrected chi connectivity index (χ1v) is 6.15. The summed E-state index contributed by atoms with van der Waals surface area (Å²) in [4.78, 5) is 0. The smallest absolute Gasteiger partial charge is 0.226 e. The van der Waals surface area contributed by atoms with Crippen molar-refractivity contribution in [3.8, 4) is 0 Å². The summed E-state index contributed by atoms with van der Waals surface area (Å²) in [6, 6.07) is 0. The van der Waals surface area contributed by atoms with E-state index in [1.165, 1.54) is 0 Å². The Labute approximate surface area is 140 Å². The fraction of sp³-hybridized carbons (Fsp3) is 1.00. The van der Waals surface area contributed by atoms with Crippen molar-refractivity contribution in [3.05, 3.63) is 0 Å².